The Labute approximate surface area is 112 Å². The number of hydrogen-bond acceptors (Lipinski definition) is 2. The van der Waals surface area contributed by atoms with Crippen LogP contribution in [0.2, 0.25) is 0 Å². The van der Waals surface area contributed by atoms with Gasteiger partial charge >= 0.3 is 5.97 Å². The zero-order chi connectivity index (χ0) is 13.5. The van der Waals surface area contributed by atoms with E-state index in [0.29, 0.717) is 6.61 Å². The number of carbonyl (C=O) groups is 1. The number of ether oxygens (including phenoxy) is 1. The summed E-state index contributed by atoms with van der Waals surface area (Å²) in [6.45, 7) is 4.20. The van der Waals surface area contributed by atoms with E-state index >= 15 is 0 Å². The number of rotatable bonds is 11. The lowest BCUT2D eigenvalue weighted by molar-refractivity contribution is -0.141. The molecule has 2 heteroatoms. The van der Waals surface area contributed by atoms with Gasteiger partial charge in [-0.05, 0) is 32.1 Å². The van der Waals surface area contributed by atoms with Crippen molar-refractivity contribution in [2.45, 2.75) is 65.2 Å². The largest absolute Gasteiger partial charge is 0.466 e. The number of allylic oxidation sites excluding steroid dienone is 4. The minimum absolute atomic E-state index is 0.169. The molecule has 0 aliphatic carbocycles. The highest BCUT2D eigenvalue weighted by Crippen LogP contribution is 2.06. The third kappa shape index (κ3) is 14.9. The number of unbranched alkanes of at least 4 members (excludes halogenated alkanes) is 5. The molecule has 0 heterocycles. The number of esters is 1. The van der Waals surface area contributed by atoms with Crippen LogP contribution in [-0.2, 0) is 9.53 Å². The van der Waals surface area contributed by atoms with Crippen molar-refractivity contribution < 1.29 is 9.53 Å². The Kier molecular flexibility index (Phi) is 13.2. The average molecular weight is 252 g/mol. The summed E-state index contributed by atoms with van der Waals surface area (Å²) in [6, 6.07) is 0. The highest BCUT2D eigenvalue weighted by atomic mass is 16.5. The first kappa shape index (κ1) is 16.9. The zero-order valence-corrected chi connectivity index (χ0v) is 12.0. The van der Waals surface area contributed by atoms with Gasteiger partial charge in [-0.1, -0.05) is 50.5 Å². The molecule has 0 N–H and O–H groups in total. The minimum atomic E-state index is -0.169. The van der Waals surface area contributed by atoms with Crippen LogP contribution in [0.15, 0.2) is 24.3 Å². The predicted octanol–water partition coefficient (Wildman–Crippen LogP) is 4.80. The van der Waals surface area contributed by atoms with E-state index in [2.05, 4.69) is 31.2 Å². The molecule has 0 rings (SSSR count). The van der Waals surface area contributed by atoms with Crippen LogP contribution in [0.5, 0.6) is 0 Å². The molecule has 0 atom stereocenters. The molecule has 2 nitrogen and oxygen atoms in total. The van der Waals surface area contributed by atoms with Crippen LogP contribution in [0.1, 0.15) is 65.2 Å². The molecule has 0 saturated heterocycles. The van der Waals surface area contributed by atoms with Crippen LogP contribution in [0.25, 0.3) is 0 Å². The summed E-state index contributed by atoms with van der Waals surface area (Å²) in [5.74, 6) is -0.169. The zero-order valence-electron chi connectivity index (χ0n) is 12.0. The Morgan fingerprint density at radius 1 is 0.944 bits per heavy atom. The maximum absolute atomic E-state index is 10.5. The van der Waals surface area contributed by atoms with Gasteiger partial charge in [-0.2, -0.15) is 0 Å². The van der Waals surface area contributed by atoms with E-state index < -0.39 is 0 Å². The van der Waals surface area contributed by atoms with Gasteiger partial charge < -0.3 is 4.74 Å². The van der Waals surface area contributed by atoms with Crippen molar-refractivity contribution in [3.63, 3.8) is 0 Å². The molecule has 0 saturated carbocycles. The molecule has 0 aromatic rings. The van der Waals surface area contributed by atoms with Crippen molar-refractivity contribution in [2.24, 2.45) is 0 Å². The maximum Gasteiger partial charge on any atom is 0.302 e. The molecular formula is C16H28O2. The summed E-state index contributed by atoms with van der Waals surface area (Å²) in [6.07, 6.45) is 18.3. The maximum atomic E-state index is 10.5. The van der Waals surface area contributed by atoms with Crippen molar-refractivity contribution in [1.29, 1.82) is 0 Å². The van der Waals surface area contributed by atoms with Gasteiger partial charge in [-0.15, -0.1) is 0 Å². The first-order valence-corrected chi connectivity index (χ1v) is 7.20. The Balaban J connectivity index is 3.11. The average Bonchev–Trinajstić information content (AvgIpc) is 2.34. The van der Waals surface area contributed by atoms with Crippen molar-refractivity contribution in [3.8, 4) is 0 Å². The molecule has 18 heavy (non-hydrogen) atoms. The highest BCUT2D eigenvalue weighted by Gasteiger charge is 1.93. The van der Waals surface area contributed by atoms with Crippen LogP contribution in [0.3, 0.4) is 0 Å². The number of carbonyl (C=O) groups excluding carboxylic acids is 1. The molecule has 0 aromatic carbocycles. The van der Waals surface area contributed by atoms with Gasteiger partial charge in [0.2, 0.25) is 0 Å². The van der Waals surface area contributed by atoms with E-state index in [1.807, 2.05) is 0 Å². The lowest BCUT2D eigenvalue weighted by Gasteiger charge is -2.01. The fourth-order valence-corrected chi connectivity index (χ4v) is 1.67. The molecule has 0 radical (unpaired) electrons. The topological polar surface area (TPSA) is 26.3 Å². The predicted molar refractivity (Wildman–Crippen MR) is 77.5 cm³/mol. The fourth-order valence-electron chi connectivity index (χ4n) is 1.67. The second-order valence-electron chi connectivity index (χ2n) is 4.48. The van der Waals surface area contributed by atoms with Crippen molar-refractivity contribution in [1.82, 2.24) is 0 Å². The second kappa shape index (κ2) is 14.0. The summed E-state index contributed by atoms with van der Waals surface area (Å²) in [4.78, 5) is 10.5. The van der Waals surface area contributed by atoms with Crippen LogP contribution in [-0.4, -0.2) is 12.6 Å². The summed E-state index contributed by atoms with van der Waals surface area (Å²) in [5, 5.41) is 0. The third-order valence-corrected chi connectivity index (χ3v) is 2.66. The van der Waals surface area contributed by atoms with E-state index in [-0.39, 0.29) is 5.97 Å². The Morgan fingerprint density at radius 3 is 2.33 bits per heavy atom. The monoisotopic (exact) mass is 252 g/mol. The van der Waals surface area contributed by atoms with Gasteiger partial charge in [0, 0.05) is 6.92 Å². The first-order valence-electron chi connectivity index (χ1n) is 7.20. The van der Waals surface area contributed by atoms with Crippen LogP contribution in [0.4, 0.5) is 0 Å². The van der Waals surface area contributed by atoms with Gasteiger partial charge in [0.1, 0.15) is 0 Å². The first-order chi connectivity index (χ1) is 8.77. The Hall–Kier alpha value is -1.05. The summed E-state index contributed by atoms with van der Waals surface area (Å²) >= 11 is 0. The second-order valence-corrected chi connectivity index (χ2v) is 4.48. The normalized spacial score (nSPS) is 11.4. The van der Waals surface area contributed by atoms with Crippen LogP contribution < -0.4 is 0 Å². The molecule has 0 unspecified atom stereocenters. The van der Waals surface area contributed by atoms with Crippen molar-refractivity contribution >= 4 is 5.97 Å². The summed E-state index contributed by atoms with van der Waals surface area (Å²) in [7, 11) is 0. The molecule has 0 spiro atoms. The molecule has 104 valence electrons. The van der Waals surface area contributed by atoms with Gasteiger partial charge in [-0.3, -0.25) is 4.79 Å². The molecule has 0 bridgehead atoms. The fraction of sp³-hybridized carbons (Fsp3) is 0.688. The third-order valence-electron chi connectivity index (χ3n) is 2.66. The van der Waals surface area contributed by atoms with Crippen LogP contribution in [0, 0.1) is 0 Å². The van der Waals surface area contributed by atoms with Gasteiger partial charge in [0.15, 0.2) is 0 Å². The minimum Gasteiger partial charge on any atom is -0.466 e. The highest BCUT2D eigenvalue weighted by molar-refractivity contribution is 5.65. The number of hydrogen-bond donors (Lipinski definition) is 0. The summed E-state index contributed by atoms with van der Waals surface area (Å²) in [5.41, 5.74) is 0. The van der Waals surface area contributed by atoms with E-state index in [1.54, 1.807) is 0 Å². The van der Waals surface area contributed by atoms with Gasteiger partial charge in [-0.25, -0.2) is 0 Å². The van der Waals surface area contributed by atoms with Gasteiger partial charge in [0.25, 0.3) is 0 Å². The standard InChI is InChI=1S/C16H28O2/c1-3-4-5-6-7-8-9-10-11-12-13-14-15-18-16(2)17/h4-5,7-8H,3,6,9-15H2,1-2H3/b5-4-,8-7-. The summed E-state index contributed by atoms with van der Waals surface area (Å²) < 4.78 is 4.88. The van der Waals surface area contributed by atoms with E-state index in [4.69, 9.17) is 4.74 Å². The lowest BCUT2D eigenvalue weighted by atomic mass is 10.1. The van der Waals surface area contributed by atoms with E-state index in [1.165, 1.54) is 32.6 Å². The molecular weight excluding hydrogens is 224 g/mol. The van der Waals surface area contributed by atoms with E-state index in [9.17, 15) is 4.79 Å². The molecule has 0 aliphatic heterocycles. The van der Waals surface area contributed by atoms with Crippen molar-refractivity contribution in [3.05, 3.63) is 24.3 Å². The Bertz CT molecular complexity index is 241. The smallest absolute Gasteiger partial charge is 0.302 e. The molecule has 0 aromatic heterocycles. The molecule has 0 amide bonds. The molecule has 0 fully saturated rings. The lowest BCUT2D eigenvalue weighted by Crippen LogP contribution is -1.99. The van der Waals surface area contributed by atoms with Crippen molar-refractivity contribution in [2.75, 3.05) is 6.61 Å². The SMILES string of the molecule is CC/C=C\C/C=C\CCCCCCCOC(C)=O. The molecule has 0 aliphatic rings. The quantitative estimate of drug-likeness (QED) is 0.300. The van der Waals surface area contributed by atoms with Crippen LogP contribution >= 0.6 is 0 Å². The van der Waals surface area contributed by atoms with E-state index in [0.717, 1.165) is 25.7 Å². The Morgan fingerprint density at radius 2 is 1.61 bits per heavy atom. The van der Waals surface area contributed by atoms with Gasteiger partial charge in [0.05, 0.1) is 6.61 Å².